The van der Waals surface area contributed by atoms with E-state index in [1.807, 2.05) is 36.0 Å². The van der Waals surface area contributed by atoms with Crippen molar-refractivity contribution >= 4 is 16.9 Å². The van der Waals surface area contributed by atoms with E-state index in [0.29, 0.717) is 38.9 Å². The first-order chi connectivity index (χ1) is 14.3. The molecule has 0 radical (unpaired) electrons. The molecule has 1 aromatic carbocycles. The average Bonchev–Trinajstić information content (AvgIpc) is 3.34. The first-order valence-corrected chi connectivity index (χ1v) is 9.88. The van der Waals surface area contributed by atoms with Gasteiger partial charge in [0.1, 0.15) is 0 Å². The van der Waals surface area contributed by atoms with Crippen LogP contribution in [0.5, 0.6) is 0 Å². The Labute approximate surface area is 171 Å². The van der Waals surface area contributed by atoms with E-state index in [4.69, 9.17) is 0 Å². The van der Waals surface area contributed by atoms with Gasteiger partial charge in [-0.3, -0.25) is 9.36 Å². The molecule has 10 heteroatoms. The number of likely N-dealkylation sites (tertiary alicyclic amines) is 1. The van der Waals surface area contributed by atoms with E-state index in [1.54, 1.807) is 4.90 Å². The highest BCUT2D eigenvalue weighted by Crippen LogP contribution is 2.29. The molecular weight excluding hydrogens is 397 g/mol. The summed E-state index contributed by atoms with van der Waals surface area (Å²) in [5, 5.41) is 12.2. The number of aromatic nitrogens is 4. The van der Waals surface area contributed by atoms with Gasteiger partial charge in [0.25, 0.3) is 0 Å². The van der Waals surface area contributed by atoms with Crippen molar-refractivity contribution in [3.8, 4) is 0 Å². The highest BCUT2D eigenvalue weighted by atomic mass is 19.4. The van der Waals surface area contributed by atoms with Gasteiger partial charge in [-0.25, -0.2) is 4.79 Å². The van der Waals surface area contributed by atoms with E-state index < -0.39 is 11.9 Å². The average molecular weight is 420 g/mol. The summed E-state index contributed by atoms with van der Waals surface area (Å²) in [5.41, 5.74) is 1.10. The second kappa shape index (κ2) is 8.00. The summed E-state index contributed by atoms with van der Waals surface area (Å²) >= 11 is 0. The first-order valence-electron chi connectivity index (χ1n) is 9.88. The Bertz CT molecular complexity index is 1030. The zero-order valence-electron chi connectivity index (χ0n) is 16.6. The number of hydrogen-bond donors (Lipinski definition) is 1. The Hall–Kier alpha value is -3.04. The molecule has 1 aliphatic heterocycles. The van der Waals surface area contributed by atoms with Crippen LogP contribution in [0.2, 0.25) is 0 Å². The predicted molar refractivity (Wildman–Crippen MR) is 105 cm³/mol. The van der Waals surface area contributed by atoms with Crippen LogP contribution in [0, 0.1) is 0 Å². The first kappa shape index (κ1) is 20.2. The number of carbonyl (C=O) groups excluding carboxylic acids is 1. The maximum Gasteiger partial charge on any atom is 0.435 e. The number of nitrogens with zero attached hydrogens (tertiary/aromatic N) is 5. The Kier molecular flexibility index (Phi) is 5.40. The van der Waals surface area contributed by atoms with Gasteiger partial charge in [0.2, 0.25) is 0 Å². The summed E-state index contributed by atoms with van der Waals surface area (Å²) in [6.07, 6.45) is -1.32. The van der Waals surface area contributed by atoms with Gasteiger partial charge >= 0.3 is 12.2 Å². The molecule has 0 aliphatic carbocycles. The van der Waals surface area contributed by atoms with Crippen molar-refractivity contribution in [3.05, 3.63) is 47.9 Å². The minimum absolute atomic E-state index is 0.134. The van der Waals surface area contributed by atoms with Crippen LogP contribution in [0.1, 0.15) is 30.3 Å². The molecule has 1 saturated heterocycles. The summed E-state index contributed by atoms with van der Waals surface area (Å²) in [4.78, 5) is 14.1. The number of para-hydroxylation sites is 1. The van der Waals surface area contributed by atoms with Gasteiger partial charge in [0.05, 0.1) is 17.3 Å². The molecule has 0 atom stereocenters. The second-order valence-electron chi connectivity index (χ2n) is 7.47. The number of aryl methyl sites for hydroxylation is 1. The van der Waals surface area contributed by atoms with Gasteiger partial charge in [-0.15, -0.1) is 0 Å². The predicted octanol–water partition coefficient (Wildman–Crippen LogP) is 3.38. The fourth-order valence-corrected chi connectivity index (χ4v) is 3.90. The van der Waals surface area contributed by atoms with Crippen LogP contribution < -0.4 is 5.32 Å². The minimum Gasteiger partial charge on any atom is -0.338 e. The lowest BCUT2D eigenvalue weighted by Crippen LogP contribution is -2.45. The van der Waals surface area contributed by atoms with Gasteiger partial charge in [-0.2, -0.15) is 23.4 Å². The normalized spacial score (nSPS) is 15.7. The van der Waals surface area contributed by atoms with Gasteiger partial charge < -0.3 is 10.2 Å². The van der Waals surface area contributed by atoms with Crippen molar-refractivity contribution in [1.82, 2.24) is 29.8 Å². The van der Waals surface area contributed by atoms with Crippen LogP contribution >= 0.6 is 0 Å². The number of carbonyl (C=O) groups is 1. The summed E-state index contributed by atoms with van der Waals surface area (Å²) < 4.78 is 41.4. The Morgan fingerprint density at radius 2 is 1.90 bits per heavy atom. The smallest absolute Gasteiger partial charge is 0.338 e. The van der Waals surface area contributed by atoms with Crippen molar-refractivity contribution in [2.45, 2.75) is 31.5 Å². The van der Waals surface area contributed by atoms with Crippen molar-refractivity contribution in [2.75, 3.05) is 19.6 Å². The van der Waals surface area contributed by atoms with E-state index in [9.17, 15) is 18.0 Å². The fourth-order valence-electron chi connectivity index (χ4n) is 3.90. The van der Waals surface area contributed by atoms with E-state index in [1.165, 1.54) is 10.9 Å². The molecule has 0 bridgehead atoms. The molecule has 0 saturated carbocycles. The largest absolute Gasteiger partial charge is 0.435 e. The number of hydrogen-bond acceptors (Lipinski definition) is 3. The maximum atomic E-state index is 12.7. The summed E-state index contributed by atoms with van der Waals surface area (Å²) in [6, 6.07) is 8.64. The van der Waals surface area contributed by atoms with Crippen molar-refractivity contribution < 1.29 is 18.0 Å². The lowest BCUT2D eigenvalue weighted by atomic mass is 10.1. The Morgan fingerprint density at radius 1 is 1.17 bits per heavy atom. The standard InChI is InChI=1S/C20H23F3N6O/c1-27-17-5-3-2-4-15(17)16(25-27)6-10-24-19(30)28-11-7-14(8-12-28)29-13-9-18(26-29)20(21,22)23/h2-5,9,13-14H,6-8,10-12H2,1H3,(H,24,30). The number of amides is 2. The molecule has 1 aliphatic rings. The molecule has 160 valence electrons. The minimum atomic E-state index is -4.44. The third-order valence-electron chi connectivity index (χ3n) is 5.50. The number of urea groups is 1. The van der Waals surface area contributed by atoms with Crippen LogP contribution in [0.3, 0.4) is 0 Å². The van der Waals surface area contributed by atoms with Crippen LogP contribution in [-0.4, -0.2) is 50.1 Å². The monoisotopic (exact) mass is 420 g/mol. The molecule has 3 aromatic rings. The van der Waals surface area contributed by atoms with Crippen LogP contribution in [0.25, 0.3) is 10.9 Å². The molecule has 4 rings (SSSR count). The molecule has 0 unspecified atom stereocenters. The topological polar surface area (TPSA) is 68.0 Å². The van der Waals surface area contributed by atoms with E-state index in [-0.39, 0.29) is 12.1 Å². The molecule has 2 aromatic heterocycles. The van der Waals surface area contributed by atoms with Gasteiger partial charge in [-0.05, 0) is 25.0 Å². The van der Waals surface area contributed by atoms with E-state index in [2.05, 4.69) is 15.5 Å². The zero-order valence-corrected chi connectivity index (χ0v) is 16.6. The lowest BCUT2D eigenvalue weighted by molar-refractivity contribution is -0.141. The third-order valence-corrected chi connectivity index (χ3v) is 5.50. The molecular formula is C20H23F3N6O. The zero-order chi connectivity index (χ0) is 21.3. The molecule has 1 N–H and O–H groups in total. The van der Waals surface area contributed by atoms with Crippen molar-refractivity contribution in [1.29, 1.82) is 0 Å². The van der Waals surface area contributed by atoms with Gasteiger partial charge in [-0.1, -0.05) is 18.2 Å². The van der Waals surface area contributed by atoms with Crippen molar-refractivity contribution in [3.63, 3.8) is 0 Å². The molecule has 30 heavy (non-hydrogen) atoms. The number of nitrogens with one attached hydrogen (secondary N) is 1. The molecule has 2 amide bonds. The highest BCUT2D eigenvalue weighted by Gasteiger charge is 2.34. The van der Waals surface area contributed by atoms with Crippen molar-refractivity contribution in [2.24, 2.45) is 7.05 Å². The SMILES string of the molecule is Cn1nc(CCNC(=O)N2CCC(n3ccc(C(F)(F)F)n3)CC2)c2ccccc21. The maximum absolute atomic E-state index is 12.7. The highest BCUT2D eigenvalue weighted by molar-refractivity contribution is 5.82. The molecule has 1 fully saturated rings. The van der Waals surface area contributed by atoms with E-state index >= 15 is 0 Å². The van der Waals surface area contributed by atoms with Crippen LogP contribution in [0.4, 0.5) is 18.0 Å². The van der Waals surface area contributed by atoms with E-state index in [0.717, 1.165) is 22.7 Å². The Morgan fingerprint density at radius 3 is 2.60 bits per heavy atom. The van der Waals surface area contributed by atoms with Gasteiger partial charge in [0, 0.05) is 44.7 Å². The summed E-state index contributed by atoms with van der Waals surface area (Å²) in [5.74, 6) is 0. The third kappa shape index (κ3) is 4.12. The summed E-state index contributed by atoms with van der Waals surface area (Å²) in [7, 11) is 1.89. The Balaban J connectivity index is 1.27. The lowest BCUT2D eigenvalue weighted by Gasteiger charge is -2.32. The van der Waals surface area contributed by atoms with Gasteiger partial charge in [0.15, 0.2) is 5.69 Å². The number of fused-ring (bicyclic) bond motifs is 1. The van der Waals surface area contributed by atoms with Crippen LogP contribution in [-0.2, 0) is 19.6 Å². The number of halogens is 3. The molecule has 7 nitrogen and oxygen atoms in total. The fraction of sp³-hybridized carbons (Fsp3) is 0.450. The molecule has 0 spiro atoms. The van der Waals surface area contributed by atoms with Crippen LogP contribution in [0.15, 0.2) is 36.5 Å². The number of alkyl halides is 3. The molecule has 3 heterocycles. The number of benzene rings is 1. The summed E-state index contributed by atoms with van der Waals surface area (Å²) in [6.45, 7) is 1.42. The number of rotatable bonds is 4. The second-order valence-corrected chi connectivity index (χ2v) is 7.47. The quantitative estimate of drug-likeness (QED) is 0.704. The number of piperidine rings is 1.